The van der Waals surface area contributed by atoms with Crippen LogP contribution in [0.2, 0.25) is 0 Å². The summed E-state index contributed by atoms with van der Waals surface area (Å²) in [7, 11) is -4.01. The van der Waals surface area contributed by atoms with Crippen molar-refractivity contribution in [2.45, 2.75) is 9.92 Å². The maximum atomic E-state index is 12.0. The van der Waals surface area contributed by atoms with Gasteiger partial charge in [-0.3, -0.25) is 9.78 Å². The molecular formula is C9H7N3O4S. The molecule has 8 heteroatoms. The molecule has 2 aromatic rings. The van der Waals surface area contributed by atoms with Gasteiger partial charge in [-0.25, -0.2) is 18.3 Å². The molecule has 0 unspecified atom stereocenters. The fourth-order valence-electron chi connectivity index (χ4n) is 1.23. The predicted molar refractivity (Wildman–Crippen MR) is 57.4 cm³/mol. The highest BCUT2D eigenvalue weighted by molar-refractivity contribution is 7.91. The lowest BCUT2D eigenvalue weighted by Crippen LogP contribution is -2.29. The number of sulfone groups is 1. The number of H-pyrrole nitrogens is 2. The Hall–Kier alpha value is -2.22. The lowest BCUT2D eigenvalue weighted by molar-refractivity contribution is 0.585. The molecule has 0 bridgehead atoms. The number of nitrogens with zero attached hydrogens (tertiary/aromatic N) is 1. The molecule has 0 amide bonds. The summed E-state index contributed by atoms with van der Waals surface area (Å²) in [6.07, 6.45) is 0. The first-order valence-corrected chi connectivity index (χ1v) is 5.99. The van der Waals surface area contributed by atoms with Crippen LogP contribution in [-0.4, -0.2) is 23.6 Å². The molecule has 0 spiro atoms. The predicted octanol–water partition coefficient (Wildman–Crippen LogP) is -0.709. The van der Waals surface area contributed by atoms with Crippen LogP contribution in [0.15, 0.2) is 49.8 Å². The molecule has 88 valence electrons. The van der Waals surface area contributed by atoms with Gasteiger partial charge in [0.2, 0.25) is 14.9 Å². The Morgan fingerprint density at radius 3 is 2.29 bits per heavy atom. The van der Waals surface area contributed by atoms with E-state index < -0.39 is 26.1 Å². The van der Waals surface area contributed by atoms with E-state index in [4.69, 9.17) is 0 Å². The summed E-state index contributed by atoms with van der Waals surface area (Å²) in [4.78, 5) is 23.8. The van der Waals surface area contributed by atoms with E-state index in [2.05, 4.69) is 5.10 Å². The van der Waals surface area contributed by atoms with Gasteiger partial charge in [-0.2, -0.15) is 5.10 Å². The summed E-state index contributed by atoms with van der Waals surface area (Å²) in [6.45, 7) is 0. The van der Waals surface area contributed by atoms with Crippen molar-refractivity contribution in [2.75, 3.05) is 0 Å². The largest absolute Gasteiger partial charge is 0.342 e. The molecule has 1 aromatic heterocycles. The Bertz CT molecular complexity index is 746. The molecule has 7 nitrogen and oxygen atoms in total. The summed E-state index contributed by atoms with van der Waals surface area (Å²) >= 11 is 0. The third-order valence-corrected chi connectivity index (χ3v) is 3.67. The molecule has 0 aliphatic rings. The van der Waals surface area contributed by atoms with Crippen LogP contribution in [0, 0.1) is 0 Å². The molecule has 0 radical (unpaired) electrons. The van der Waals surface area contributed by atoms with Gasteiger partial charge < -0.3 is 0 Å². The van der Waals surface area contributed by atoms with Crippen LogP contribution in [0.1, 0.15) is 0 Å². The Balaban J connectivity index is 2.69. The van der Waals surface area contributed by atoms with Crippen LogP contribution in [0.3, 0.4) is 0 Å². The highest BCUT2D eigenvalue weighted by Gasteiger charge is 2.23. The number of hydrogen-bond donors (Lipinski definition) is 2. The van der Waals surface area contributed by atoms with Crippen molar-refractivity contribution in [3.8, 4) is 0 Å². The first-order valence-electron chi connectivity index (χ1n) is 4.51. The molecule has 1 aromatic carbocycles. The SMILES string of the molecule is O=c1[nH]nc(S(=O)(=O)c2ccccc2)c(=O)[nH]1. The number of nitrogens with one attached hydrogen (secondary N) is 2. The van der Waals surface area contributed by atoms with Crippen molar-refractivity contribution in [1.29, 1.82) is 0 Å². The van der Waals surface area contributed by atoms with Gasteiger partial charge in [0.05, 0.1) is 4.90 Å². The van der Waals surface area contributed by atoms with Gasteiger partial charge in [0, 0.05) is 0 Å². The lowest BCUT2D eigenvalue weighted by Gasteiger charge is -2.00. The molecule has 0 fully saturated rings. The van der Waals surface area contributed by atoms with Crippen LogP contribution in [0.25, 0.3) is 0 Å². The molecule has 0 atom stereocenters. The van der Waals surface area contributed by atoms with Crippen molar-refractivity contribution < 1.29 is 8.42 Å². The number of aromatic nitrogens is 3. The molecule has 0 aliphatic heterocycles. The topological polar surface area (TPSA) is 113 Å². The van der Waals surface area contributed by atoms with Crippen LogP contribution in [0.4, 0.5) is 0 Å². The highest BCUT2D eigenvalue weighted by atomic mass is 32.2. The summed E-state index contributed by atoms with van der Waals surface area (Å²) in [5.74, 6) is 0. The zero-order valence-corrected chi connectivity index (χ0v) is 9.19. The van der Waals surface area contributed by atoms with E-state index in [0.717, 1.165) is 0 Å². The molecule has 17 heavy (non-hydrogen) atoms. The monoisotopic (exact) mass is 253 g/mol. The Labute approximate surface area is 95.1 Å². The molecule has 0 saturated carbocycles. The summed E-state index contributed by atoms with van der Waals surface area (Å²) in [5.41, 5.74) is -1.90. The second-order valence-electron chi connectivity index (χ2n) is 3.13. The minimum absolute atomic E-state index is 0.0648. The van der Waals surface area contributed by atoms with Crippen LogP contribution >= 0.6 is 0 Å². The van der Waals surface area contributed by atoms with E-state index in [9.17, 15) is 18.0 Å². The number of rotatable bonds is 2. The molecule has 1 heterocycles. The van der Waals surface area contributed by atoms with Crippen LogP contribution < -0.4 is 11.2 Å². The first kappa shape index (κ1) is 11.3. The molecular weight excluding hydrogens is 246 g/mol. The van der Waals surface area contributed by atoms with Gasteiger partial charge in [0.1, 0.15) is 0 Å². The van der Waals surface area contributed by atoms with Crippen molar-refractivity contribution >= 4 is 9.84 Å². The Morgan fingerprint density at radius 2 is 1.71 bits per heavy atom. The van der Waals surface area contributed by atoms with E-state index in [1.807, 2.05) is 5.10 Å². The van der Waals surface area contributed by atoms with Crippen molar-refractivity contribution in [2.24, 2.45) is 0 Å². The second-order valence-corrected chi connectivity index (χ2v) is 4.99. The van der Waals surface area contributed by atoms with Crippen molar-refractivity contribution in [1.82, 2.24) is 15.2 Å². The highest BCUT2D eigenvalue weighted by Crippen LogP contribution is 2.14. The second kappa shape index (κ2) is 3.98. The van der Waals surface area contributed by atoms with Crippen molar-refractivity contribution in [3.63, 3.8) is 0 Å². The van der Waals surface area contributed by atoms with Gasteiger partial charge in [0.15, 0.2) is 0 Å². The number of hydrogen-bond acceptors (Lipinski definition) is 5. The Morgan fingerprint density at radius 1 is 1.06 bits per heavy atom. The fourth-order valence-corrected chi connectivity index (χ4v) is 2.43. The van der Waals surface area contributed by atoms with E-state index >= 15 is 0 Å². The number of aromatic amines is 2. The minimum atomic E-state index is -4.01. The third-order valence-electron chi connectivity index (χ3n) is 1.99. The zero-order chi connectivity index (χ0) is 12.5. The molecule has 0 saturated heterocycles. The van der Waals surface area contributed by atoms with E-state index in [-0.39, 0.29) is 4.90 Å². The van der Waals surface area contributed by atoms with Crippen LogP contribution in [0.5, 0.6) is 0 Å². The maximum absolute atomic E-state index is 12.0. The average Bonchev–Trinajstić information content (AvgIpc) is 2.29. The normalized spacial score (nSPS) is 11.3. The minimum Gasteiger partial charge on any atom is -0.270 e. The number of benzene rings is 1. The molecule has 2 N–H and O–H groups in total. The van der Waals surface area contributed by atoms with Crippen LogP contribution in [-0.2, 0) is 9.84 Å². The third kappa shape index (κ3) is 2.02. The Kier molecular flexibility index (Phi) is 2.64. The van der Waals surface area contributed by atoms with Gasteiger partial charge in [-0.05, 0) is 12.1 Å². The van der Waals surface area contributed by atoms with E-state index in [0.29, 0.717) is 0 Å². The molecule has 0 aliphatic carbocycles. The smallest absolute Gasteiger partial charge is 0.270 e. The first-order chi connectivity index (χ1) is 8.01. The molecule has 2 rings (SSSR count). The summed E-state index contributed by atoms with van der Waals surface area (Å²) in [5, 5.41) is 4.40. The average molecular weight is 253 g/mol. The zero-order valence-electron chi connectivity index (χ0n) is 8.38. The summed E-state index contributed by atoms with van der Waals surface area (Å²) < 4.78 is 23.9. The van der Waals surface area contributed by atoms with Gasteiger partial charge in [-0.1, -0.05) is 18.2 Å². The quantitative estimate of drug-likeness (QED) is 0.734. The lowest BCUT2D eigenvalue weighted by atomic mass is 10.4. The fraction of sp³-hybridized carbons (Fsp3) is 0. The maximum Gasteiger partial charge on any atom is 0.342 e. The summed E-state index contributed by atoms with van der Waals surface area (Å²) in [6, 6.07) is 7.35. The van der Waals surface area contributed by atoms with Gasteiger partial charge in [0.25, 0.3) is 5.56 Å². The van der Waals surface area contributed by atoms with Gasteiger partial charge in [-0.15, -0.1) is 0 Å². The van der Waals surface area contributed by atoms with Gasteiger partial charge >= 0.3 is 5.69 Å². The van der Waals surface area contributed by atoms with E-state index in [1.54, 1.807) is 11.1 Å². The van der Waals surface area contributed by atoms with Crippen molar-refractivity contribution in [3.05, 3.63) is 51.2 Å². The van der Waals surface area contributed by atoms with E-state index in [1.165, 1.54) is 24.3 Å². The standard InChI is InChI=1S/C9H7N3O4S/c13-7-8(11-12-9(14)10-7)17(15,16)6-4-2-1-3-5-6/h1-5H,(H2,10,12,13,14).